The van der Waals surface area contributed by atoms with Gasteiger partial charge in [-0.25, -0.2) is 4.39 Å². The van der Waals surface area contributed by atoms with Crippen LogP contribution in [-0.2, 0) is 14.3 Å². The van der Waals surface area contributed by atoms with E-state index in [0.29, 0.717) is 42.4 Å². The van der Waals surface area contributed by atoms with Crippen molar-refractivity contribution in [3.8, 4) is 11.5 Å². The van der Waals surface area contributed by atoms with E-state index in [2.05, 4.69) is 15.6 Å². The van der Waals surface area contributed by atoms with Crippen LogP contribution in [0.1, 0.15) is 5.56 Å². The Labute approximate surface area is 202 Å². The third-order valence-electron chi connectivity index (χ3n) is 5.15. The van der Waals surface area contributed by atoms with Crippen LogP contribution in [0.5, 0.6) is 11.5 Å². The number of halogens is 1. The van der Waals surface area contributed by atoms with E-state index in [1.54, 1.807) is 48.7 Å². The normalized spacial score (nSPS) is 14.0. The number of hydrogen-bond acceptors (Lipinski definition) is 6. The maximum atomic E-state index is 14.3. The van der Waals surface area contributed by atoms with Crippen molar-refractivity contribution in [3.63, 3.8) is 0 Å². The van der Waals surface area contributed by atoms with Gasteiger partial charge in [0.1, 0.15) is 5.75 Å². The number of morpholine rings is 1. The molecule has 1 aromatic heterocycles. The first kappa shape index (κ1) is 24.1. The summed E-state index contributed by atoms with van der Waals surface area (Å²) in [6.45, 7) is 3.06. The predicted octanol–water partition coefficient (Wildman–Crippen LogP) is 3.94. The van der Waals surface area contributed by atoms with Gasteiger partial charge in [-0.15, -0.1) is 0 Å². The lowest BCUT2D eigenvalue weighted by molar-refractivity contribution is -0.118. The fraction of sp³-hybridized carbons (Fsp3) is 0.192. The summed E-state index contributed by atoms with van der Waals surface area (Å²) < 4.78 is 25.1. The maximum Gasteiger partial charge on any atom is 0.248 e. The SMILES string of the molecule is O=C(/C=C/c1ccc(Oc2cccnc2)c(F)c1)Nc1ccc(NC(=O)CN2CCOCC2)cc1. The van der Waals surface area contributed by atoms with E-state index in [-0.39, 0.29) is 17.6 Å². The molecule has 9 heteroatoms. The molecule has 0 unspecified atom stereocenters. The summed E-state index contributed by atoms with van der Waals surface area (Å²) in [5, 5.41) is 5.58. The first-order chi connectivity index (χ1) is 17.0. The summed E-state index contributed by atoms with van der Waals surface area (Å²) in [6.07, 6.45) is 5.91. The summed E-state index contributed by atoms with van der Waals surface area (Å²) >= 11 is 0. The smallest absolute Gasteiger partial charge is 0.248 e. The van der Waals surface area contributed by atoms with Crippen LogP contribution in [0.15, 0.2) is 73.1 Å². The van der Waals surface area contributed by atoms with Gasteiger partial charge < -0.3 is 20.1 Å². The minimum absolute atomic E-state index is 0.0664. The lowest BCUT2D eigenvalue weighted by Gasteiger charge is -2.25. The van der Waals surface area contributed by atoms with Gasteiger partial charge in [0.2, 0.25) is 11.8 Å². The third kappa shape index (κ3) is 7.46. The van der Waals surface area contributed by atoms with Crippen LogP contribution in [0.4, 0.5) is 15.8 Å². The molecule has 1 saturated heterocycles. The van der Waals surface area contributed by atoms with Crippen molar-refractivity contribution < 1.29 is 23.5 Å². The molecule has 180 valence electrons. The van der Waals surface area contributed by atoms with E-state index in [4.69, 9.17) is 9.47 Å². The van der Waals surface area contributed by atoms with Crippen LogP contribution in [0.3, 0.4) is 0 Å². The number of nitrogens with zero attached hydrogens (tertiary/aromatic N) is 2. The van der Waals surface area contributed by atoms with Gasteiger partial charge in [-0.05, 0) is 60.2 Å². The second kappa shape index (κ2) is 11.9. The van der Waals surface area contributed by atoms with Gasteiger partial charge in [0.25, 0.3) is 0 Å². The number of carbonyl (C=O) groups is 2. The van der Waals surface area contributed by atoms with Gasteiger partial charge in [0.05, 0.1) is 26.0 Å². The van der Waals surface area contributed by atoms with Crippen LogP contribution in [0.2, 0.25) is 0 Å². The van der Waals surface area contributed by atoms with Crippen LogP contribution in [-0.4, -0.2) is 54.5 Å². The molecule has 2 amide bonds. The molecule has 0 aliphatic carbocycles. The molecule has 0 saturated carbocycles. The second-order valence-corrected chi connectivity index (χ2v) is 7.82. The Kier molecular flexibility index (Phi) is 8.16. The van der Waals surface area contributed by atoms with Crippen molar-refractivity contribution in [1.29, 1.82) is 0 Å². The zero-order chi connectivity index (χ0) is 24.5. The number of aromatic nitrogens is 1. The Balaban J connectivity index is 1.26. The standard InChI is InChI=1S/C26H25FN4O4/c27-23-16-19(3-9-24(23)35-22-2-1-11-28-17-22)4-10-25(32)29-20-5-7-21(8-6-20)30-26(33)18-31-12-14-34-15-13-31/h1-11,16-17H,12-15,18H2,(H,29,32)(H,30,33)/b10-4+. The number of carbonyl (C=O) groups excluding carboxylic acids is 2. The lowest BCUT2D eigenvalue weighted by Crippen LogP contribution is -2.41. The first-order valence-electron chi connectivity index (χ1n) is 11.1. The number of benzene rings is 2. The Hall–Kier alpha value is -4.08. The zero-order valence-corrected chi connectivity index (χ0v) is 18.9. The number of hydrogen-bond donors (Lipinski definition) is 2. The van der Waals surface area contributed by atoms with Crippen molar-refractivity contribution in [2.45, 2.75) is 0 Å². The molecule has 0 atom stereocenters. The Morgan fingerprint density at radius 3 is 2.49 bits per heavy atom. The van der Waals surface area contributed by atoms with Gasteiger partial charge in [0, 0.05) is 36.7 Å². The monoisotopic (exact) mass is 476 g/mol. The van der Waals surface area contributed by atoms with Gasteiger partial charge in [-0.2, -0.15) is 0 Å². The highest BCUT2D eigenvalue weighted by molar-refractivity contribution is 6.02. The van der Waals surface area contributed by atoms with Crippen molar-refractivity contribution >= 4 is 29.3 Å². The summed E-state index contributed by atoms with van der Waals surface area (Å²) in [6, 6.07) is 14.6. The topological polar surface area (TPSA) is 92.8 Å². The van der Waals surface area contributed by atoms with Crippen LogP contribution in [0, 0.1) is 5.82 Å². The minimum atomic E-state index is -0.553. The lowest BCUT2D eigenvalue weighted by atomic mass is 10.2. The van der Waals surface area contributed by atoms with Gasteiger partial charge >= 0.3 is 0 Å². The molecular weight excluding hydrogens is 451 g/mol. The van der Waals surface area contributed by atoms with E-state index in [9.17, 15) is 14.0 Å². The largest absolute Gasteiger partial charge is 0.453 e. The summed E-state index contributed by atoms with van der Waals surface area (Å²) in [5.74, 6) is -0.531. The summed E-state index contributed by atoms with van der Waals surface area (Å²) in [5.41, 5.74) is 1.72. The molecule has 2 aromatic carbocycles. The highest BCUT2D eigenvalue weighted by Gasteiger charge is 2.14. The Bertz CT molecular complexity index is 1180. The number of rotatable bonds is 8. The van der Waals surface area contributed by atoms with Crippen molar-refractivity contribution in [2.75, 3.05) is 43.5 Å². The third-order valence-corrected chi connectivity index (χ3v) is 5.15. The van der Waals surface area contributed by atoms with Crippen molar-refractivity contribution in [1.82, 2.24) is 9.88 Å². The summed E-state index contributed by atoms with van der Waals surface area (Å²) in [4.78, 5) is 30.4. The van der Waals surface area contributed by atoms with Crippen LogP contribution < -0.4 is 15.4 Å². The molecule has 35 heavy (non-hydrogen) atoms. The van der Waals surface area contributed by atoms with Crippen molar-refractivity contribution in [3.05, 3.63) is 84.4 Å². The number of anilines is 2. The van der Waals surface area contributed by atoms with Gasteiger partial charge in [-0.1, -0.05) is 6.07 Å². The number of pyridine rings is 1. The molecule has 0 bridgehead atoms. The minimum Gasteiger partial charge on any atom is -0.453 e. The Morgan fingerprint density at radius 1 is 1.06 bits per heavy atom. The van der Waals surface area contributed by atoms with Gasteiger partial charge in [0.15, 0.2) is 11.6 Å². The zero-order valence-electron chi connectivity index (χ0n) is 18.9. The molecular formula is C26H25FN4O4. The molecule has 1 aliphatic rings. The number of amides is 2. The second-order valence-electron chi connectivity index (χ2n) is 7.82. The molecule has 2 heterocycles. The highest BCUT2D eigenvalue weighted by Crippen LogP contribution is 2.25. The molecule has 2 N–H and O–H groups in total. The van der Waals surface area contributed by atoms with Crippen LogP contribution in [0.25, 0.3) is 6.08 Å². The van der Waals surface area contributed by atoms with Crippen LogP contribution >= 0.6 is 0 Å². The first-order valence-corrected chi connectivity index (χ1v) is 11.1. The molecule has 3 aromatic rings. The fourth-order valence-electron chi connectivity index (χ4n) is 3.39. The van der Waals surface area contributed by atoms with E-state index >= 15 is 0 Å². The number of nitrogens with one attached hydrogen (secondary N) is 2. The summed E-state index contributed by atoms with van der Waals surface area (Å²) in [7, 11) is 0. The van der Waals surface area contributed by atoms with Gasteiger partial charge in [-0.3, -0.25) is 19.5 Å². The maximum absolute atomic E-state index is 14.3. The van der Waals surface area contributed by atoms with E-state index < -0.39 is 5.82 Å². The average Bonchev–Trinajstić information content (AvgIpc) is 2.87. The Morgan fingerprint density at radius 2 is 1.80 bits per heavy atom. The molecule has 1 aliphatic heterocycles. The van der Waals surface area contributed by atoms with E-state index in [1.807, 2.05) is 4.90 Å². The molecule has 1 fully saturated rings. The quantitative estimate of drug-likeness (QED) is 0.479. The van der Waals surface area contributed by atoms with Crippen molar-refractivity contribution in [2.24, 2.45) is 0 Å². The van der Waals surface area contributed by atoms with E-state index in [0.717, 1.165) is 13.1 Å². The molecule has 0 spiro atoms. The average molecular weight is 477 g/mol. The molecule has 4 rings (SSSR count). The fourth-order valence-corrected chi connectivity index (χ4v) is 3.39. The highest BCUT2D eigenvalue weighted by atomic mass is 19.1. The molecule has 8 nitrogen and oxygen atoms in total. The molecule has 0 radical (unpaired) electrons. The number of ether oxygens (including phenoxy) is 2. The predicted molar refractivity (Wildman–Crippen MR) is 131 cm³/mol. The van der Waals surface area contributed by atoms with E-state index in [1.165, 1.54) is 30.5 Å².